The number of nitrogens with zero attached hydrogens (tertiary/aromatic N) is 3. The first-order chi connectivity index (χ1) is 10.2. The molecule has 0 spiro atoms. The van der Waals surface area contributed by atoms with E-state index in [1.165, 1.54) is 11.8 Å². The Morgan fingerprint density at radius 1 is 1.38 bits per heavy atom. The minimum atomic E-state index is -1.17. The van der Waals surface area contributed by atoms with Gasteiger partial charge in [-0.1, -0.05) is 11.8 Å². The number of hydrogen-bond donors (Lipinski definition) is 0. The Kier molecular flexibility index (Phi) is 4.30. The van der Waals surface area contributed by atoms with E-state index in [9.17, 15) is 4.39 Å². The Morgan fingerprint density at radius 2 is 2.19 bits per heavy atom. The zero-order chi connectivity index (χ0) is 14.7. The maximum Gasteiger partial charge on any atom is 0.200 e. The van der Waals surface area contributed by atoms with Crippen LogP contribution in [0.1, 0.15) is 19.8 Å². The molecule has 1 saturated heterocycles. The summed E-state index contributed by atoms with van der Waals surface area (Å²) >= 11 is 1.41. The van der Waals surface area contributed by atoms with E-state index in [1.54, 1.807) is 6.26 Å². The molecular formula is C14H18FN3O2S. The summed E-state index contributed by atoms with van der Waals surface area (Å²) < 4.78 is 27.1. The molecule has 0 aromatic carbocycles. The third-order valence-electron chi connectivity index (χ3n) is 3.62. The molecule has 5 nitrogen and oxygen atoms in total. The fraction of sp³-hybridized carbons (Fsp3) is 0.571. The molecule has 2 aromatic heterocycles. The zero-order valence-electron chi connectivity index (χ0n) is 11.9. The standard InChI is InChI=1S/C14H18FN3O2S/c1-2-18-12(11-4-3-7-20-11)16-17-13(18)21-10-14(15)5-8-19-9-6-14/h3-4,7H,2,5-6,8-10H2,1H3. The lowest BCUT2D eigenvalue weighted by Crippen LogP contribution is -2.34. The van der Waals surface area contributed by atoms with Gasteiger partial charge in [-0.05, 0) is 19.1 Å². The highest BCUT2D eigenvalue weighted by Gasteiger charge is 2.33. The van der Waals surface area contributed by atoms with Gasteiger partial charge in [0.05, 0.1) is 6.26 Å². The highest BCUT2D eigenvalue weighted by atomic mass is 32.2. The van der Waals surface area contributed by atoms with Crippen molar-refractivity contribution in [2.75, 3.05) is 19.0 Å². The van der Waals surface area contributed by atoms with Crippen LogP contribution in [-0.4, -0.2) is 39.4 Å². The molecule has 114 valence electrons. The van der Waals surface area contributed by atoms with E-state index in [0.29, 0.717) is 49.9 Å². The lowest BCUT2D eigenvalue weighted by atomic mass is 9.99. The Morgan fingerprint density at radius 3 is 2.86 bits per heavy atom. The first kappa shape index (κ1) is 14.6. The number of aromatic nitrogens is 3. The minimum absolute atomic E-state index is 0.382. The molecule has 21 heavy (non-hydrogen) atoms. The van der Waals surface area contributed by atoms with Crippen LogP contribution in [0.15, 0.2) is 28.0 Å². The molecule has 0 atom stereocenters. The molecule has 7 heteroatoms. The van der Waals surface area contributed by atoms with E-state index in [1.807, 2.05) is 23.6 Å². The third-order valence-corrected chi connectivity index (χ3v) is 4.85. The molecule has 0 unspecified atom stereocenters. The minimum Gasteiger partial charge on any atom is -0.461 e. The Bertz CT molecular complexity index is 579. The van der Waals surface area contributed by atoms with Crippen LogP contribution in [0.5, 0.6) is 0 Å². The highest BCUT2D eigenvalue weighted by molar-refractivity contribution is 7.99. The topological polar surface area (TPSA) is 53.1 Å². The molecule has 0 aliphatic carbocycles. The predicted octanol–water partition coefficient (Wildman–Crippen LogP) is 3.17. The van der Waals surface area contributed by atoms with Gasteiger partial charge in [0.25, 0.3) is 0 Å². The van der Waals surface area contributed by atoms with Crippen LogP contribution in [0, 0.1) is 0 Å². The number of alkyl halides is 1. The number of hydrogen-bond acceptors (Lipinski definition) is 5. The zero-order valence-corrected chi connectivity index (χ0v) is 12.7. The van der Waals surface area contributed by atoms with E-state index in [0.717, 1.165) is 5.16 Å². The van der Waals surface area contributed by atoms with Crippen molar-refractivity contribution in [1.29, 1.82) is 0 Å². The number of ether oxygens (including phenoxy) is 1. The van der Waals surface area contributed by atoms with E-state index in [4.69, 9.17) is 9.15 Å². The van der Waals surface area contributed by atoms with Crippen molar-refractivity contribution in [3.05, 3.63) is 18.4 Å². The monoisotopic (exact) mass is 311 g/mol. The van der Waals surface area contributed by atoms with Gasteiger partial charge in [-0.15, -0.1) is 10.2 Å². The summed E-state index contributed by atoms with van der Waals surface area (Å²) in [7, 11) is 0. The predicted molar refractivity (Wildman–Crippen MR) is 78.0 cm³/mol. The van der Waals surface area contributed by atoms with E-state index in [2.05, 4.69) is 10.2 Å². The third kappa shape index (κ3) is 3.13. The van der Waals surface area contributed by atoms with Crippen molar-refractivity contribution in [3.63, 3.8) is 0 Å². The van der Waals surface area contributed by atoms with Crippen molar-refractivity contribution < 1.29 is 13.5 Å². The van der Waals surface area contributed by atoms with Gasteiger partial charge in [0.2, 0.25) is 0 Å². The summed E-state index contributed by atoms with van der Waals surface area (Å²) in [4.78, 5) is 0. The van der Waals surface area contributed by atoms with Crippen LogP contribution in [0.2, 0.25) is 0 Å². The van der Waals surface area contributed by atoms with E-state index >= 15 is 0 Å². The maximum atomic E-state index is 14.6. The van der Waals surface area contributed by atoms with Gasteiger partial charge in [0, 0.05) is 38.4 Å². The molecule has 0 bridgehead atoms. The molecule has 3 heterocycles. The summed E-state index contributed by atoms with van der Waals surface area (Å²) in [5, 5.41) is 9.07. The van der Waals surface area contributed by atoms with Crippen molar-refractivity contribution in [2.45, 2.75) is 37.1 Å². The van der Waals surface area contributed by atoms with Gasteiger partial charge in [-0.2, -0.15) is 0 Å². The maximum absolute atomic E-state index is 14.6. The first-order valence-electron chi connectivity index (χ1n) is 7.08. The molecule has 0 N–H and O–H groups in total. The molecule has 1 fully saturated rings. The fourth-order valence-electron chi connectivity index (χ4n) is 2.34. The second-order valence-electron chi connectivity index (χ2n) is 5.08. The lowest BCUT2D eigenvalue weighted by Gasteiger charge is -2.28. The molecule has 0 saturated carbocycles. The molecule has 0 radical (unpaired) electrons. The van der Waals surface area contributed by atoms with Crippen LogP contribution in [0.25, 0.3) is 11.6 Å². The summed E-state index contributed by atoms with van der Waals surface area (Å²) in [6, 6.07) is 3.66. The molecular weight excluding hydrogens is 293 g/mol. The fourth-order valence-corrected chi connectivity index (χ4v) is 3.49. The van der Waals surface area contributed by atoms with Crippen molar-refractivity contribution in [3.8, 4) is 11.6 Å². The summed E-state index contributed by atoms with van der Waals surface area (Å²) in [6.07, 6.45) is 2.51. The number of furan rings is 1. The van der Waals surface area contributed by atoms with Gasteiger partial charge in [0.1, 0.15) is 5.67 Å². The highest BCUT2D eigenvalue weighted by Crippen LogP contribution is 2.33. The van der Waals surface area contributed by atoms with Crippen LogP contribution >= 0.6 is 11.8 Å². The molecule has 3 rings (SSSR count). The van der Waals surface area contributed by atoms with Crippen LogP contribution in [0.3, 0.4) is 0 Å². The molecule has 1 aliphatic rings. The summed E-state index contributed by atoms with van der Waals surface area (Å²) in [5.74, 6) is 1.74. The Hall–Kier alpha value is -1.34. The van der Waals surface area contributed by atoms with Crippen LogP contribution < -0.4 is 0 Å². The average Bonchev–Trinajstić information content (AvgIpc) is 3.14. The largest absolute Gasteiger partial charge is 0.461 e. The lowest BCUT2D eigenvalue weighted by molar-refractivity contribution is 0.00457. The molecule has 1 aliphatic heterocycles. The van der Waals surface area contributed by atoms with Crippen molar-refractivity contribution >= 4 is 11.8 Å². The first-order valence-corrected chi connectivity index (χ1v) is 8.07. The summed E-state index contributed by atoms with van der Waals surface area (Å²) in [5.41, 5.74) is -1.17. The van der Waals surface area contributed by atoms with Crippen LogP contribution in [0.4, 0.5) is 4.39 Å². The van der Waals surface area contributed by atoms with E-state index in [-0.39, 0.29) is 0 Å². The Labute approximate surface area is 126 Å². The van der Waals surface area contributed by atoms with Crippen LogP contribution in [-0.2, 0) is 11.3 Å². The average molecular weight is 311 g/mol. The van der Waals surface area contributed by atoms with Gasteiger partial charge in [-0.3, -0.25) is 4.57 Å². The smallest absolute Gasteiger partial charge is 0.200 e. The molecule has 2 aromatic rings. The van der Waals surface area contributed by atoms with Gasteiger partial charge < -0.3 is 9.15 Å². The second kappa shape index (κ2) is 6.19. The van der Waals surface area contributed by atoms with Gasteiger partial charge in [0.15, 0.2) is 16.7 Å². The van der Waals surface area contributed by atoms with Gasteiger partial charge >= 0.3 is 0 Å². The van der Waals surface area contributed by atoms with Crippen molar-refractivity contribution in [2.24, 2.45) is 0 Å². The number of halogens is 1. The number of rotatable bonds is 5. The summed E-state index contributed by atoms with van der Waals surface area (Å²) in [6.45, 7) is 3.72. The Balaban J connectivity index is 1.74. The quantitative estimate of drug-likeness (QED) is 0.794. The van der Waals surface area contributed by atoms with Crippen molar-refractivity contribution in [1.82, 2.24) is 14.8 Å². The normalized spacial score (nSPS) is 18.0. The SMILES string of the molecule is CCn1c(SCC2(F)CCOCC2)nnc1-c1ccco1. The van der Waals surface area contributed by atoms with Gasteiger partial charge in [-0.25, -0.2) is 4.39 Å². The van der Waals surface area contributed by atoms with E-state index < -0.39 is 5.67 Å². The number of thioether (sulfide) groups is 1. The molecule has 0 amide bonds. The second-order valence-corrected chi connectivity index (χ2v) is 6.02.